The van der Waals surface area contributed by atoms with Crippen molar-refractivity contribution < 1.29 is 9.90 Å². The zero-order valence-corrected chi connectivity index (χ0v) is 20.0. The lowest BCUT2D eigenvalue weighted by Crippen LogP contribution is -2.25. The highest BCUT2D eigenvalue weighted by Crippen LogP contribution is 2.35. The molecular formula is C26H28BrN3O2. The lowest BCUT2D eigenvalue weighted by molar-refractivity contribution is 0.0694. The van der Waals surface area contributed by atoms with Crippen LogP contribution in [0.3, 0.4) is 0 Å². The van der Waals surface area contributed by atoms with E-state index in [0.29, 0.717) is 24.0 Å². The lowest BCUT2D eigenvalue weighted by Gasteiger charge is -2.25. The van der Waals surface area contributed by atoms with Crippen molar-refractivity contribution in [3.8, 4) is 0 Å². The van der Waals surface area contributed by atoms with Gasteiger partial charge >= 0.3 is 5.97 Å². The van der Waals surface area contributed by atoms with E-state index in [9.17, 15) is 9.90 Å². The number of rotatable bonds is 7. The molecule has 0 bridgehead atoms. The molecule has 1 aliphatic heterocycles. The molecule has 32 heavy (non-hydrogen) atoms. The first-order valence-corrected chi connectivity index (χ1v) is 11.9. The van der Waals surface area contributed by atoms with Gasteiger partial charge < -0.3 is 10.0 Å². The fourth-order valence-corrected chi connectivity index (χ4v) is 4.55. The minimum Gasteiger partial charge on any atom is -0.478 e. The van der Waals surface area contributed by atoms with Crippen LogP contribution in [0.2, 0.25) is 0 Å². The molecule has 0 saturated carbocycles. The third-order valence-corrected chi connectivity index (χ3v) is 6.68. The maximum atomic E-state index is 11.8. The molecule has 0 aliphatic carbocycles. The Labute approximate surface area is 197 Å². The van der Waals surface area contributed by atoms with Gasteiger partial charge in [0.2, 0.25) is 5.95 Å². The lowest BCUT2D eigenvalue weighted by atomic mass is 9.99. The number of carbonyl (C=O) groups is 1. The second-order valence-corrected chi connectivity index (χ2v) is 9.55. The third-order valence-electron chi connectivity index (χ3n) is 6.15. The van der Waals surface area contributed by atoms with Gasteiger partial charge in [0.05, 0.1) is 17.3 Å². The summed E-state index contributed by atoms with van der Waals surface area (Å²) in [5, 5.41) is 9.67. The monoisotopic (exact) mass is 493 g/mol. The highest BCUT2D eigenvalue weighted by atomic mass is 79.9. The van der Waals surface area contributed by atoms with Crippen LogP contribution in [0.15, 0.2) is 59.2 Å². The molecule has 0 amide bonds. The van der Waals surface area contributed by atoms with Crippen molar-refractivity contribution in [3.63, 3.8) is 0 Å². The molecule has 1 aromatic heterocycles. The molecule has 166 valence electrons. The summed E-state index contributed by atoms with van der Waals surface area (Å²) in [6, 6.07) is 17.1. The van der Waals surface area contributed by atoms with Crippen LogP contribution in [0.4, 0.5) is 5.95 Å². The Bertz CT molecular complexity index is 1080. The molecule has 2 heterocycles. The summed E-state index contributed by atoms with van der Waals surface area (Å²) < 4.78 is 1.05. The number of hydrogen-bond acceptors (Lipinski definition) is 4. The van der Waals surface area contributed by atoms with E-state index in [2.05, 4.69) is 88.2 Å². The number of halogens is 1. The Morgan fingerprint density at radius 1 is 1.12 bits per heavy atom. The zero-order chi connectivity index (χ0) is 22.7. The van der Waals surface area contributed by atoms with Crippen molar-refractivity contribution in [2.75, 3.05) is 11.4 Å². The molecule has 1 aliphatic rings. The topological polar surface area (TPSA) is 66.3 Å². The van der Waals surface area contributed by atoms with Crippen LogP contribution in [0.5, 0.6) is 0 Å². The Balaban J connectivity index is 1.57. The van der Waals surface area contributed by atoms with E-state index in [0.717, 1.165) is 30.3 Å². The molecule has 0 spiro atoms. The Kier molecular flexibility index (Phi) is 6.89. The second kappa shape index (κ2) is 9.82. The van der Waals surface area contributed by atoms with E-state index < -0.39 is 5.97 Å². The summed E-state index contributed by atoms with van der Waals surface area (Å²) in [6.45, 7) is 5.22. The van der Waals surface area contributed by atoms with Gasteiger partial charge in [-0.2, -0.15) is 0 Å². The highest BCUT2D eigenvalue weighted by molar-refractivity contribution is 9.10. The molecular weight excluding hydrogens is 466 g/mol. The van der Waals surface area contributed by atoms with Crippen molar-refractivity contribution in [1.29, 1.82) is 0 Å². The minimum absolute atomic E-state index is 0.187. The third kappa shape index (κ3) is 5.01. The Morgan fingerprint density at radius 2 is 1.84 bits per heavy atom. The molecule has 3 aromatic rings. The molecule has 5 nitrogen and oxygen atoms in total. The minimum atomic E-state index is -0.979. The fraction of sp³-hybridized carbons (Fsp3) is 0.346. The number of nitrogens with zero attached hydrogens (tertiary/aromatic N) is 3. The summed E-state index contributed by atoms with van der Waals surface area (Å²) in [5.74, 6) is 0.129. The number of benzene rings is 2. The van der Waals surface area contributed by atoms with Crippen LogP contribution in [0.1, 0.15) is 71.4 Å². The first kappa shape index (κ1) is 22.5. The summed E-state index contributed by atoms with van der Waals surface area (Å²) in [4.78, 5) is 23.2. The largest absolute Gasteiger partial charge is 0.478 e. The van der Waals surface area contributed by atoms with Crippen LogP contribution >= 0.6 is 15.9 Å². The quantitative estimate of drug-likeness (QED) is 0.425. The van der Waals surface area contributed by atoms with Gasteiger partial charge in [0, 0.05) is 17.2 Å². The number of aryl methyl sites for hydroxylation is 2. The smallest absolute Gasteiger partial charge is 0.339 e. The van der Waals surface area contributed by atoms with Crippen LogP contribution in [0.25, 0.3) is 0 Å². The van der Waals surface area contributed by atoms with Crippen molar-refractivity contribution >= 4 is 27.8 Å². The van der Waals surface area contributed by atoms with Crippen LogP contribution in [0, 0.1) is 0 Å². The predicted molar refractivity (Wildman–Crippen MR) is 130 cm³/mol. The van der Waals surface area contributed by atoms with E-state index in [1.165, 1.54) is 22.9 Å². The van der Waals surface area contributed by atoms with Gasteiger partial charge in [0.15, 0.2) is 0 Å². The normalized spacial score (nSPS) is 16.0. The summed E-state index contributed by atoms with van der Waals surface area (Å²) in [5.41, 5.74) is 4.49. The standard InChI is InChI=1S/C26H28BrN3O2/c1-17(2)19-8-5-18(6-9-19)7-14-23-22(25(31)32)16-28-26(29-23)30-15-3-4-24(30)20-10-12-21(27)13-11-20/h5-6,8-13,16-17,24H,3-4,7,14-15H2,1-2H3,(H,31,32). The number of aromatic nitrogens is 2. The maximum Gasteiger partial charge on any atom is 0.339 e. The molecule has 1 saturated heterocycles. The second-order valence-electron chi connectivity index (χ2n) is 8.63. The Morgan fingerprint density at radius 3 is 2.50 bits per heavy atom. The number of aromatic carboxylic acids is 1. The average Bonchev–Trinajstić information content (AvgIpc) is 3.28. The summed E-state index contributed by atoms with van der Waals surface area (Å²) in [6.07, 6.45) is 4.87. The SMILES string of the molecule is CC(C)c1ccc(CCc2nc(N3CCCC3c3ccc(Br)cc3)ncc2C(=O)O)cc1. The number of anilines is 1. The molecule has 0 radical (unpaired) electrons. The van der Waals surface area contributed by atoms with Crippen molar-refractivity contribution in [2.45, 2.75) is 51.5 Å². The van der Waals surface area contributed by atoms with Gasteiger partial charge in [0.1, 0.15) is 0 Å². The summed E-state index contributed by atoms with van der Waals surface area (Å²) in [7, 11) is 0. The van der Waals surface area contributed by atoms with E-state index in [4.69, 9.17) is 4.98 Å². The van der Waals surface area contributed by atoms with E-state index >= 15 is 0 Å². The van der Waals surface area contributed by atoms with Gasteiger partial charge in [-0.15, -0.1) is 0 Å². The predicted octanol–water partition coefficient (Wildman–Crippen LogP) is 6.19. The average molecular weight is 494 g/mol. The van der Waals surface area contributed by atoms with Gasteiger partial charge in [-0.25, -0.2) is 14.8 Å². The van der Waals surface area contributed by atoms with Crippen molar-refractivity contribution in [2.24, 2.45) is 0 Å². The van der Waals surface area contributed by atoms with Crippen molar-refractivity contribution in [1.82, 2.24) is 9.97 Å². The van der Waals surface area contributed by atoms with E-state index in [-0.39, 0.29) is 11.6 Å². The van der Waals surface area contributed by atoms with Gasteiger partial charge in [-0.1, -0.05) is 66.2 Å². The molecule has 1 fully saturated rings. The fourth-order valence-electron chi connectivity index (χ4n) is 4.28. The van der Waals surface area contributed by atoms with Crippen LogP contribution < -0.4 is 4.90 Å². The van der Waals surface area contributed by atoms with E-state index in [1.807, 2.05) is 0 Å². The molecule has 6 heteroatoms. The molecule has 1 N–H and O–H groups in total. The number of carboxylic acid groups (broad SMARTS) is 1. The number of carboxylic acids is 1. The van der Waals surface area contributed by atoms with E-state index in [1.54, 1.807) is 0 Å². The molecule has 1 atom stereocenters. The van der Waals surface area contributed by atoms with Crippen LogP contribution in [-0.4, -0.2) is 27.6 Å². The van der Waals surface area contributed by atoms with Gasteiger partial charge in [0.25, 0.3) is 0 Å². The van der Waals surface area contributed by atoms with Gasteiger partial charge in [-0.3, -0.25) is 0 Å². The molecule has 1 unspecified atom stereocenters. The van der Waals surface area contributed by atoms with Crippen LogP contribution in [-0.2, 0) is 12.8 Å². The molecule has 4 rings (SSSR count). The van der Waals surface area contributed by atoms with Crippen molar-refractivity contribution in [3.05, 3.63) is 87.1 Å². The first-order valence-electron chi connectivity index (χ1n) is 11.1. The zero-order valence-electron chi connectivity index (χ0n) is 18.5. The molecule has 2 aromatic carbocycles. The summed E-state index contributed by atoms with van der Waals surface area (Å²) >= 11 is 3.50. The maximum absolute atomic E-state index is 11.8. The number of hydrogen-bond donors (Lipinski definition) is 1. The first-order chi connectivity index (χ1) is 15.4. The highest BCUT2D eigenvalue weighted by Gasteiger charge is 2.29. The Hall–Kier alpha value is -2.73. The van der Waals surface area contributed by atoms with Gasteiger partial charge in [-0.05, 0) is 60.4 Å².